The fourth-order valence-corrected chi connectivity index (χ4v) is 2.79. The van der Waals surface area contributed by atoms with Gasteiger partial charge >= 0.3 is 11.5 Å². The number of carbonyl (C=O) groups excluding carboxylic acids is 1. The van der Waals surface area contributed by atoms with Gasteiger partial charge in [-0.15, -0.1) is 0 Å². The predicted molar refractivity (Wildman–Crippen MR) is 125 cm³/mol. The number of alkyl halides is 3. The second kappa shape index (κ2) is 10.5. The molecule has 3 nitrogen and oxygen atoms in total. The first-order chi connectivity index (χ1) is 14.8. The molecule has 0 radical (unpaired) electrons. The third-order valence-electron chi connectivity index (χ3n) is 4.25. The smallest absolute Gasteiger partial charge is 0.361 e. The molecular weight excluding hydrogens is 455 g/mol. The molecule has 156 valence electrons. The highest BCUT2D eigenvalue weighted by molar-refractivity contribution is 6.75. The summed E-state index contributed by atoms with van der Waals surface area (Å²) in [6, 6.07) is 35.1. The van der Waals surface area contributed by atoms with Crippen molar-refractivity contribution in [2.45, 2.75) is 3.79 Å². The molecule has 0 atom stereocenters. The van der Waals surface area contributed by atoms with Gasteiger partial charge in [0.2, 0.25) is 3.79 Å². The fraction of sp³-hybridized carbons (Fsp3) is 0.0400. The summed E-state index contributed by atoms with van der Waals surface area (Å²) in [5.41, 5.74) is 4.49. The number of carbonyl (C=O) groups is 1. The lowest BCUT2D eigenvalue weighted by Crippen LogP contribution is -2.35. The first kappa shape index (κ1) is 22.8. The lowest BCUT2D eigenvalue weighted by atomic mass is 10.0. The Morgan fingerprint density at radius 1 is 0.613 bits per heavy atom. The summed E-state index contributed by atoms with van der Waals surface area (Å²) < 4.78 is 3.93. The van der Waals surface area contributed by atoms with Gasteiger partial charge in [-0.05, 0) is 29.8 Å². The second-order valence-corrected chi connectivity index (χ2v) is 8.74. The zero-order valence-electron chi connectivity index (χ0n) is 16.2. The van der Waals surface area contributed by atoms with Crippen molar-refractivity contribution in [2.24, 2.45) is 0 Å². The van der Waals surface area contributed by atoms with Crippen LogP contribution in [0.5, 0.6) is 0 Å². The van der Waals surface area contributed by atoms with Crippen molar-refractivity contribution in [3.05, 3.63) is 103 Å². The van der Waals surface area contributed by atoms with E-state index in [0.717, 1.165) is 28.2 Å². The maximum Gasteiger partial charge on any atom is 0.361 e. The van der Waals surface area contributed by atoms with Crippen molar-refractivity contribution in [1.29, 1.82) is 0 Å². The first-order valence-corrected chi connectivity index (χ1v) is 10.4. The highest BCUT2D eigenvalue weighted by atomic mass is 35.6. The van der Waals surface area contributed by atoms with E-state index < -0.39 is 9.76 Å². The van der Waals surface area contributed by atoms with Crippen LogP contribution in [0.25, 0.3) is 33.8 Å². The van der Waals surface area contributed by atoms with Crippen LogP contribution in [0.15, 0.2) is 108 Å². The summed E-state index contributed by atoms with van der Waals surface area (Å²) in [4.78, 5) is 9.51. The molecule has 0 unspecified atom stereocenters. The standard InChI is InChI=1S/C23H17O.C2HCl3O2/c1-4-10-18(11-5-1)21-16-22(19-12-6-2-7-13-19)24-23(17-21)20-14-8-3-9-15-20;3-2(4,5)1(6)7/h1-17H;(H,6,7)/q+1;/p-1. The van der Waals surface area contributed by atoms with E-state index in [1.807, 2.05) is 42.5 Å². The first-order valence-electron chi connectivity index (χ1n) is 9.27. The largest absolute Gasteiger partial charge is 0.545 e. The third kappa shape index (κ3) is 6.56. The van der Waals surface area contributed by atoms with Crippen LogP contribution in [0, 0.1) is 0 Å². The van der Waals surface area contributed by atoms with Crippen LogP contribution in [0.4, 0.5) is 0 Å². The Morgan fingerprint density at radius 2 is 0.935 bits per heavy atom. The van der Waals surface area contributed by atoms with Crippen molar-refractivity contribution < 1.29 is 14.3 Å². The van der Waals surface area contributed by atoms with Crippen LogP contribution in [-0.4, -0.2) is 9.76 Å². The quantitative estimate of drug-likeness (QED) is 0.248. The van der Waals surface area contributed by atoms with Crippen molar-refractivity contribution in [3.63, 3.8) is 0 Å². The maximum absolute atomic E-state index is 9.51. The van der Waals surface area contributed by atoms with Gasteiger partial charge in [0.15, 0.2) is 0 Å². The molecule has 0 spiro atoms. The summed E-state index contributed by atoms with van der Waals surface area (Å²) in [6.07, 6.45) is 0. The normalized spacial score (nSPS) is 10.7. The number of benzene rings is 3. The highest BCUT2D eigenvalue weighted by Crippen LogP contribution is 2.32. The summed E-state index contributed by atoms with van der Waals surface area (Å²) in [6.45, 7) is 0. The molecule has 3 aromatic carbocycles. The van der Waals surface area contributed by atoms with Crippen LogP contribution >= 0.6 is 34.8 Å². The van der Waals surface area contributed by atoms with Crippen molar-refractivity contribution in [3.8, 4) is 33.8 Å². The van der Waals surface area contributed by atoms with Crippen molar-refractivity contribution in [1.82, 2.24) is 0 Å². The van der Waals surface area contributed by atoms with E-state index in [4.69, 9.17) is 39.2 Å². The van der Waals surface area contributed by atoms with Crippen LogP contribution in [0.1, 0.15) is 0 Å². The van der Waals surface area contributed by atoms with Crippen LogP contribution in [-0.2, 0) is 4.79 Å². The molecule has 1 heterocycles. The summed E-state index contributed by atoms with van der Waals surface area (Å²) >= 11 is 14.2. The minimum absolute atomic E-state index is 0.871. The number of carboxylic acids is 1. The van der Waals surface area contributed by atoms with Gasteiger partial charge < -0.3 is 9.90 Å². The Balaban J connectivity index is 0.000000339. The van der Waals surface area contributed by atoms with Gasteiger partial charge in [-0.1, -0.05) is 102 Å². The molecular formula is C25H17Cl3O3. The van der Waals surface area contributed by atoms with Crippen LogP contribution < -0.4 is 5.11 Å². The van der Waals surface area contributed by atoms with E-state index >= 15 is 0 Å². The number of rotatable bonds is 3. The third-order valence-corrected chi connectivity index (χ3v) is 4.71. The summed E-state index contributed by atoms with van der Waals surface area (Å²) in [5, 5.41) is 9.51. The van der Waals surface area contributed by atoms with Gasteiger partial charge in [-0.3, -0.25) is 0 Å². The zero-order chi connectivity index (χ0) is 22.3. The number of aliphatic carboxylic acids is 1. The Labute approximate surface area is 195 Å². The Bertz CT molecular complexity index is 987. The SMILES string of the molecule is O=C([O-])C(Cl)(Cl)Cl.c1ccc(-c2cc(-c3ccccc3)[o+]c(-c3ccccc3)c2)cc1. The molecule has 0 N–H and O–H groups in total. The number of hydrogen-bond donors (Lipinski definition) is 0. The van der Waals surface area contributed by atoms with Gasteiger partial charge in [-0.2, -0.15) is 0 Å². The highest BCUT2D eigenvalue weighted by Gasteiger charge is 2.21. The van der Waals surface area contributed by atoms with Gasteiger partial charge in [0.25, 0.3) is 0 Å². The molecule has 0 bridgehead atoms. The minimum atomic E-state index is -2.28. The minimum Gasteiger partial charge on any atom is -0.545 e. The van der Waals surface area contributed by atoms with Crippen molar-refractivity contribution >= 4 is 40.8 Å². The molecule has 4 rings (SSSR count). The monoisotopic (exact) mass is 470 g/mol. The lowest BCUT2D eigenvalue weighted by Gasteiger charge is -2.09. The Morgan fingerprint density at radius 3 is 1.26 bits per heavy atom. The second-order valence-electron chi connectivity index (χ2n) is 6.46. The summed E-state index contributed by atoms with van der Waals surface area (Å²) in [5.74, 6) is 0.0316. The maximum atomic E-state index is 9.51. The lowest BCUT2D eigenvalue weighted by molar-refractivity contribution is -0.304. The Kier molecular flexibility index (Phi) is 7.69. The van der Waals surface area contributed by atoms with E-state index in [1.165, 1.54) is 5.56 Å². The molecule has 1 aromatic heterocycles. The van der Waals surface area contributed by atoms with E-state index in [1.54, 1.807) is 0 Å². The zero-order valence-corrected chi connectivity index (χ0v) is 18.4. The van der Waals surface area contributed by atoms with E-state index in [0.29, 0.717) is 0 Å². The molecule has 6 heteroatoms. The number of hydrogen-bond acceptors (Lipinski definition) is 2. The van der Waals surface area contributed by atoms with Gasteiger partial charge in [0, 0.05) is 5.56 Å². The number of halogens is 3. The van der Waals surface area contributed by atoms with Crippen molar-refractivity contribution in [2.75, 3.05) is 0 Å². The molecule has 0 aliphatic carbocycles. The molecule has 0 aliphatic heterocycles. The predicted octanol–water partition coefficient (Wildman–Crippen LogP) is 6.67. The van der Waals surface area contributed by atoms with Gasteiger partial charge in [0.05, 0.1) is 29.2 Å². The van der Waals surface area contributed by atoms with E-state index in [-0.39, 0.29) is 0 Å². The van der Waals surface area contributed by atoms with Gasteiger partial charge in [0.1, 0.15) is 0 Å². The van der Waals surface area contributed by atoms with E-state index in [2.05, 4.69) is 60.7 Å². The average molecular weight is 472 g/mol. The molecule has 0 saturated heterocycles. The topological polar surface area (TPSA) is 51.4 Å². The Hall–Kier alpha value is -2.85. The van der Waals surface area contributed by atoms with Crippen LogP contribution in [0.2, 0.25) is 0 Å². The van der Waals surface area contributed by atoms with Crippen LogP contribution in [0.3, 0.4) is 0 Å². The van der Waals surface area contributed by atoms with E-state index in [9.17, 15) is 9.90 Å². The summed E-state index contributed by atoms with van der Waals surface area (Å²) in [7, 11) is 0. The molecule has 31 heavy (non-hydrogen) atoms. The molecule has 0 aliphatic rings. The fourth-order valence-electron chi connectivity index (χ4n) is 2.79. The number of carboxylic acid groups (broad SMARTS) is 1. The molecule has 0 fully saturated rings. The molecule has 0 amide bonds. The molecule has 0 saturated carbocycles. The van der Waals surface area contributed by atoms with Gasteiger partial charge in [-0.25, -0.2) is 4.42 Å². The molecule has 4 aromatic rings. The average Bonchev–Trinajstić information content (AvgIpc) is 2.80.